The molecule has 0 radical (unpaired) electrons. The first-order valence-electron chi connectivity index (χ1n) is 5.66. The number of Topliss-reactive ketones (excluding diaryl/α,β-unsaturated/α-hetero) is 1. The maximum Gasteiger partial charge on any atom is 0.166 e. The highest BCUT2D eigenvalue weighted by Gasteiger charge is 2.10. The van der Waals surface area contributed by atoms with Crippen LogP contribution in [0.15, 0.2) is 54.6 Å². The summed E-state index contributed by atoms with van der Waals surface area (Å²) in [5.74, 6) is 1.45. The van der Waals surface area contributed by atoms with Crippen LogP contribution in [0.25, 0.3) is 0 Å². The van der Waals surface area contributed by atoms with E-state index in [1.54, 1.807) is 6.07 Å². The fourth-order valence-corrected chi connectivity index (χ4v) is 1.59. The summed E-state index contributed by atoms with van der Waals surface area (Å²) in [7, 11) is 0. The molecule has 0 atom stereocenters. The van der Waals surface area contributed by atoms with Crippen LogP contribution in [0.3, 0.4) is 0 Å². The molecule has 2 aromatic rings. The SMILES string of the molecule is CCC(=O)c1ccccc1Oc1ccccc1. The molecule has 0 aliphatic rings. The highest BCUT2D eigenvalue weighted by molar-refractivity contribution is 5.98. The third kappa shape index (κ3) is 2.72. The van der Waals surface area contributed by atoms with E-state index in [1.807, 2.05) is 55.5 Å². The molecule has 0 spiro atoms. The Morgan fingerprint density at radius 2 is 1.65 bits per heavy atom. The maximum atomic E-state index is 11.7. The Hall–Kier alpha value is -2.09. The van der Waals surface area contributed by atoms with Crippen molar-refractivity contribution in [1.29, 1.82) is 0 Å². The predicted molar refractivity (Wildman–Crippen MR) is 67.6 cm³/mol. The summed E-state index contributed by atoms with van der Waals surface area (Å²) in [4.78, 5) is 11.7. The molecule has 0 amide bonds. The first kappa shape index (κ1) is 11.4. The quantitative estimate of drug-likeness (QED) is 0.734. The molecule has 2 heteroatoms. The van der Waals surface area contributed by atoms with Gasteiger partial charge in [-0.3, -0.25) is 4.79 Å². The monoisotopic (exact) mass is 226 g/mol. The highest BCUT2D eigenvalue weighted by atomic mass is 16.5. The first-order chi connectivity index (χ1) is 8.31. The molecule has 2 rings (SSSR count). The van der Waals surface area contributed by atoms with Gasteiger partial charge in [-0.15, -0.1) is 0 Å². The summed E-state index contributed by atoms with van der Waals surface area (Å²) in [6.45, 7) is 1.85. The molecule has 0 aromatic heterocycles. The van der Waals surface area contributed by atoms with Gasteiger partial charge in [-0.25, -0.2) is 0 Å². The Balaban J connectivity index is 2.30. The van der Waals surface area contributed by atoms with Crippen molar-refractivity contribution in [2.45, 2.75) is 13.3 Å². The Morgan fingerprint density at radius 1 is 1.00 bits per heavy atom. The van der Waals surface area contributed by atoms with Gasteiger partial charge in [0.15, 0.2) is 5.78 Å². The Bertz CT molecular complexity index is 503. The van der Waals surface area contributed by atoms with Crippen LogP contribution in [0.5, 0.6) is 11.5 Å². The number of carbonyl (C=O) groups excluding carboxylic acids is 1. The number of ketones is 1. The van der Waals surface area contributed by atoms with E-state index in [9.17, 15) is 4.79 Å². The number of para-hydroxylation sites is 2. The number of ether oxygens (including phenoxy) is 1. The van der Waals surface area contributed by atoms with E-state index in [-0.39, 0.29) is 5.78 Å². The van der Waals surface area contributed by atoms with E-state index >= 15 is 0 Å². The van der Waals surface area contributed by atoms with Crippen LogP contribution in [0.2, 0.25) is 0 Å². The largest absolute Gasteiger partial charge is 0.457 e. The minimum atomic E-state index is 0.0940. The van der Waals surface area contributed by atoms with Gasteiger partial charge in [-0.1, -0.05) is 37.3 Å². The third-order valence-corrected chi connectivity index (χ3v) is 2.48. The van der Waals surface area contributed by atoms with E-state index in [1.165, 1.54) is 0 Å². The van der Waals surface area contributed by atoms with Crippen LogP contribution in [0, 0.1) is 0 Å². The van der Waals surface area contributed by atoms with Gasteiger partial charge in [0.1, 0.15) is 11.5 Å². The Labute approximate surface area is 101 Å². The van der Waals surface area contributed by atoms with Gasteiger partial charge in [-0.2, -0.15) is 0 Å². The molecular formula is C15H14O2. The number of hydrogen-bond acceptors (Lipinski definition) is 2. The molecule has 0 bridgehead atoms. The van der Waals surface area contributed by atoms with Crippen molar-refractivity contribution < 1.29 is 9.53 Å². The van der Waals surface area contributed by atoms with Crippen molar-refractivity contribution in [2.24, 2.45) is 0 Å². The van der Waals surface area contributed by atoms with E-state index < -0.39 is 0 Å². The van der Waals surface area contributed by atoms with Crippen LogP contribution in [0.4, 0.5) is 0 Å². The summed E-state index contributed by atoms with van der Waals surface area (Å²) in [5, 5.41) is 0. The van der Waals surface area contributed by atoms with Crippen LogP contribution < -0.4 is 4.74 Å². The zero-order chi connectivity index (χ0) is 12.1. The van der Waals surface area contributed by atoms with Gasteiger partial charge in [0, 0.05) is 6.42 Å². The summed E-state index contributed by atoms with van der Waals surface area (Å²) in [5.41, 5.74) is 0.638. The second-order valence-corrected chi connectivity index (χ2v) is 3.69. The molecule has 0 aliphatic carbocycles. The van der Waals surface area contributed by atoms with Gasteiger partial charge in [0.05, 0.1) is 5.56 Å². The molecule has 0 saturated heterocycles. The fraction of sp³-hybridized carbons (Fsp3) is 0.133. The van der Waals surface area contributed by atoms with Crippen LogP contribution in [-0.4, -0.2) is 5.78 Å². The van der Waals surface area contributed by atoms with E-state index in [2.05, 4.69) is 0 Å². The normalized spacial score (nSPS) is 9.94. The summed E-state index contributed by atoms with van der Waals surface area (Å²) in [6, 6.07) is 16.8. The lowest BCUT2D eigenvalue weighted by atomic mass is 10.1. The average molecular weight is 226 g/mol. The molecule has 0 N–H and O–H groups in total. The minimum absolute atomic E-state index is 0.0940. The lowest BCUT2D eigenvalue weighted by Gasteiger charge is -2.09. The first-order valence-corrected chi connectivity index (χ1v) is 5.66. The smallest absolute Gasteiger partial charge is 0.166 e. The molecule has 0 fully saturated rings. The summed E-state index contributed by atoms with van der Waals surface area (Å²) in [6.07, 6.45) is 0.481. The number of hydrogen-bond donors (Lipinski definition) is 0. The van der Waals surface area contributed by atoms with Gasteiger partial charge in [-0.05, 0) is 24.3 Å². The fourth-order valence-electron chi connectivity index (χ4n) is 1.59. The maximum absolute atomic E-state index is 11.7. The van der Waals surface area contributed by atoms with E-state index in [4.69, 9.17) is 4.74 Å². The lowest BCUT2D eigenvalue weighted by Crippen LogP contribution is -1.99. The molecule has 17 heavy (non-hydrogen) atoms. The second-order valence-electron chi connectivity index (χ2n) is 3.69. The Kier molecular flexibility index (Phi) is 3.55. The van der Waals surface area contributed by atoms with Crippen molar-refractivity contribution >= 4 is 5.78 Å². The van der Waals surface area contributed by atoms with Crippen molar-refractivity contribution in [3.63, 3.8) is 0 Å². The van der Waals surface area contributed by atoms with Gasteiger partial charge >= 0.3 is 0 Å². The number of rotatable bonds is 4. The molecule has 0 heterocycles. The summed E-state index contributed by atoms with van der Waals surface area (Å²) >= 11 is 0. The molecule has 0 aliphatic heterocycles. The molecular weight excluding hydrogens is 212 g/mol. The zero-order valence-corrected chi connectivity index (χ0v) is 9.72. The lowest BCUT2D eigenvalue weighted by molar-refractivity contribution is 0.0986. The van der Waals surface area contributed by atoms with Gasteiger partial charge in [0.25, 0.3) is 0 Å². The Morgan fingerprint density at radius 3 is 2.35 bits per heavy atom. The minimum Gasteiger partial charge on any atom is -0.457 e. The molecule has 2 nitrogen and oxygen atoms in total. The average Bonchev–Trinajstić information content (AvgIpc) is 2.40. The molecule has 2 aromatic carbocycles. The third-order valence-electron chi connectivity index (χ3n) is 2.48. The zero-order valence-electron chi connectivity index (χ0n) is 9.72. The van der Waals surface area contributed by atoms with Crippen LogP contribution in [-0.2, 0) is 0 Å². The van der Waals surface area contributed by atoms with Crippen molar-refractivity contribution in [3.05, 3.63) is 60.2 Å². The van der Waals surface area contributed by atoms with E-state index in [0.29, 0.717) is 17.7 Å². The van der Waals surface area contributed by atoms with Crippen molar-refractivity contribution in [2.75, 3.05) is 0 Å². The summed E-state index contributed by atoms with van der Waals surface area (Å²) < 4.78 is 5.71. The van der Waals surface area contributed by atoms with Gasteiger partial charge in [0.2, 0.25) is 0 Å². The van der Waals surface area contributed by atoms with Crippen LogP contribution in [0.1, 0.15) is 23.7 Å². The predicted octanol–water partition coefficient (Wildman–Crippen LogP) is 4.07. The van der Waals surface area contributed by atoms with Crippen molar-refractivity contribution in [1.82, 2.24) is 0 Å². The second kappa shape index (κ2) is 5.30. The molecule has 86 valence electrons. The topological polar surface area (TPSA) is 26.3 Å². The van der Waals surface area contributed by atoms with Crippen molar-refractivity contribution in [3.8, 4) is 11.5 Å². The van der Waals surface area contributed by atoms with Gasteiger partial charge < -0.3 is 4.74 Å². The highest BCUT2D eigenvalue weighted by Crippen LogP contribution is 2.25. The standard InChI is InChI=1S/C15H14O2/c1-2-14(16)13-10-6-7-11-15(13)17-12-8-4-3-5-9-12/h3-11H,2H2,1H3. The van der Waals surface area contributed by atoms with Crippen LogP contribution >= 0.6 is 0 Å². The number of benzene rings is 2. The number of carbonyl (C=O) groups is 1. The van der Waals surface area contributed by atoms with E-state index in [0.717, 1.165) is 5.75 Å². The molecule has 0 unspecified atom stereocenters. The molecule has 0 saturated carbocycles.